The number of aromatic hydroxyl groups is 1. The summed E-state index contributed by atoms with van der Waals surface area (Å²) >= 11 is 0. The Labute approximate surface area is 263 Å². The molecule has 0 bridgehead atoms. The van der Waals surface area contributed by atoms with Crippen molar-refractivity contribution in [1.29, 1.82) is 0 Å². The van der Waals surface area contributed by atoms with Crippen molar-refractivity contribution in [2.75, 3.05) is 0 Å². The molecular formula is C38H36BNO5. The van der Waals surface area contributed by atoms with Gasteiger partial charge in [-0.15, -0.1) is 0 Å². The molecule has 0 spiro atoms. The Balaban J connectivity index is 1.27. The van der Waals surface area contributed by atoms with Gasteiger partial charge in [-0.25, -0.2) is 0 Å². The van der Waals surface area contributed by atoms with Crippen LogP contribution in [0.3, 0.4) is 0 Å². The average molecular weight is 598 g/mol. The van der Waals surface area contributed by atoms with Crippen LogP contribution < -0.4 is 0 Å². The van der Waals surface area contributed by atoms with Gasteiger partial charge >= 0.3 is 7.12 Å². The summed E-state index contributed by atoms with van der Waals surface area (Å²) in [5.41, 5.74) is 6.10. The standard InChI is InChI=1S/C38H36BNO5/c1-22(2)29-20-30-36(38(43)28-12-6-5-11-27(28)37(30)42)31-21-39(44)45-34(35(29)31)17-15-24(32-13-7-8-18-40-32)19-23-14-16-33(41)26-10-4-3-9-25(23)26/h3-14,16,18-19,22,30-31,34,36,41,44H,15,17,20-21H2,1-2H3/b24-19-/t30-,31+,34-,36-/m1/s1. The van der Waals surface area contributed by atoms with Crippen LogP contribution in [0.25, 0.3) is 22.4 Å². The minimum Gasteiger partial charge on any atom is -0.507 e. The maximum absolute atomic E-state index is 14.0. The number of allylic oxidation sites excluding steroid dienone is 2. The monoisotopic (exact) mass is 597 g/mol. The third-order valence-corrected chi connectivity index (χ3v) is 9.93. The summed E-state index contributed by atoms with van der Waals surface area (Å²) in [6.07, 6.45) is 5.51. The summed E-state index contributed by atoms with van der Waals surface area (Å²) in [6.45, 7) is 4.28. The van der Waals surface area contributed by atoms with Crippen LogP contribution in [0.1, 0.15) is 65.1 Å². The number of benzene rings is 3. The average Bonchev–Trinajstić information content (AvgIpc) is 3.06. The summed E-state index contributed by atoms with van der Waals surface area (Å²) in [5, 5.41) is 23.3. The van der Waals surface area contributed by atoms with Crippen LogP contribution in [0.15, 0.2) is 96.2 Å². The lowest BCUT2D eigenvalue weighted by molar-refractivity contribution is 0.0594. The number of phenolic OH excluding ortho intramolecular Hbond substituents is 1. The molecule has 0 saturated carbocycles. The number of hydrogen-bond acceptors (Lipinski definition) is 6. The van der Waals surface area contributed by atoms with Gasteiger partial charge in [-0.3, -0.25) is 14.6 Å². The van der Waals surface area contributed by atoms with Crippen LogP contribution in [0.2, 0.25) is 6.32 Å². The molecule has 2 aliphatic carbocycles. The molecular weight excluding hydrogens is 561 g/mol. The highest BCUT2D eigenvalue weighted by Gasteiger charge is 2.53. The number of rotatable bonds is 6. The number of pyridine rings is 1. The molecule has 1 fully saturated rings. The van der Waals surface area contributed by atoms with Crippen molar-refractivity contribution in [2.45, 2.75) is 45.5 Å². The van der Waals surface area contributed by atoms with E-state index in [0.29, 0.717) is 36.7 Å². The van der Waals surface area contributed by atoms with Crippen LogP contribution in [0.5, 0.6) is 5.75 Å². The fraction of sp³-hybridized carbons (Fsp3) is 0.289. The zero-order valence-corrected chi connectivity index (χ0v) is 25.5. The van der Waals surface area contributed by atoms with Crippen LogP contribution in [-0.4, -0.2) is 39.9 Å². The van der Waals surface area contributed by atoms with E-state index in [2.05, 4.69) is 24.9 Å². The number of carbonyl (C=O) groups is 2. The first kappa shape index (κ1) is 29.4. The number of hydrogen-bond donors (Lipinski definition) is 2. The van der Waals surface area contributed by atoms with Crippen molar-refractivity contribution in [3.05, 3.63) is 119 Å². The van der Waals surface area contributed by atoms with Gasteiger partial charge in [0.2, 0.25) is 0 Å². The number of nitrogens with zero attached hydrogens (tertiary/aromatic N) is 1. The van der Waals surface area contributed by atoms with Gasteiger partial charge in [0, 0.05) is 34.5 Å². The molecule has 1 aliphatic heterocycles. The predicted octanol–water partition coefficient (Wildman–Crippen LogP) is 7.42. The van der Waals surface area contributed by atoms with Gasteiger partial charge in [-0.2, -0.15) is 0 Å². The molecule has 6 nitrogen and oxygen atoms in total. The summed E-state index contributed by atoms with van der Waals surface area (Å²) in [4.78, 5) is 32.4. The lowest BCUT2D eigenvalue weighted by atomic mass is 9.53. The molecule has 0 amide bonds. The van der Waals surface area contributed by atoms with E-state index in [1.807, 2.05) is 60.7 Å². The largest absolute Gasteiger partial charge is 0.507 e. The van der Waals surface area contributed by atoms with Gasteiger partial charge in [-0.05, 0) is 83.8 Å². The Bertz CT molecular complexity index is 1860. The minimum absolute atomic E-state index is 0.00151. The smallest absolute Gasteiger partial charge is 0.455 e. The molecule has 4 aromatic rings. The highest BCUT2D eigenvalue weighted by Crippen LogP contribution is 2.52. The van der Waals surface area contributed by atoms with Gasteiger partial charge < -0.3 is 14.8 Å². The van der Waals surface area contributed by atoms with Gasteiger partial charge in [0.1, 0.15) is 5.75 Å². The molecule has 4 atom stereocenters. The second-order valence-corrected chi connectivity index (χ2v) is 12.8. The van der Waals surface area contributed by atoms with Crippen LogP contribution in [0.4, 0.5) is 0 Å². The summed E-state index contributed by atoms with van der Waals surface area (Å²) < 4.78 is 6.29. The Kier molecular flexibility index (Phi) is 7.76. The van der Waals surface area contributed by atoms with E-state index >= 15 is 0 Å². The van der Waals surface area contributed by atoms with Crippen LogP contribution >= 0.6 is 0 Å². The van der Waals surface area contributed by atoms with Gasteiger partial charge in [0.15, 0.2) is 11.6 Å². The third-order valence-electron chi connectivity index (χ3n) is 9.93. The lowest BCUT2D eigenvalue weighted by Crippen LogP contribution is -2.51. The van der Waals surface area contributed by atoms with Crippen molar-refractivity contribution in [1.82, 2.24) is 4.98 Å². The van der Waals surface area contributed by atoms with Gasteiger partial charge in [-0.1, -0.05) is 80.1 Å². The third kappa shape index (κ3) is 5.24. The van der Waals surface area contributed by atoms with Crippen molar-refractivity contribution in [3.63, 3.8) is 0 Å². The zero-order chi connectivity index (χ0) is 31.2. The molecule has 7 rings (SSSR count). The topological polar surface area (TPSA) is 96.7 Å². The fourth-order valence-electron chi connectivity index (χ4n) is 7.89. The minimum atomic E-state index is -1.03. The molecule has 1 saturated heterocycles. The van der Waals surface area contributed by atoms with Crippen LogP contribution in [0, 0.1) is 23.7 Å². The van der Waals surface area contributed by atoms with E-state index < -0.39 is 25.1 Å². The van der Waals surface area contributed by atoms with Crippen molar-refractivity contribution < 1.29 is 24.4 Å². The van der Waals surface area contributed by atoms with E-state index in [9.17, 15) is 19.7 Å². The van der Waals surface area contributed by atoms with Gasteiger partial charge in [0.05, 0.1) is 11.8 Å². The number of fused-ring (bicyclic) bond motifs is 5. The normalized spacial score (nSPS) is 23.3. The number of ketones is 2. The van der Waals surface area contributed by atoms with Gasteiger partial charge in [0.25, 0.3) is 0 Å². The van der Waals surface area contributed by atoms with E-state index in [0.717, 1.165) is 33.2 Å². The Hall–Kier alpha value is -4.33. The highest BCUT2D eigenvalue weighted by atomic mass is 16.5. The molecule has 2 N–H and O–H groups in total. The molecule has 2 heterocycles. The van der Waals surface area contributed by atoms with Crippen LogP contribution in [-0.2, 0) is 4.65 Å². The van der Waals surface area contributed by atoms with E-state index in [1.165, 1.54) is 5.57 Å². The highest BCUT2D eigenvalue weighted by molar-refractivity contribution is 6.43. The second kappa shape index (κ2) is 11.9. The number of carbonyl (C=O) groups excluding carboxylic acids is 2. The SMILES string of the molecule is CC(C)C1=C2[C@@H](CC/C(=C/c3ccc(O)c4ccccc34)c3ccccn3)OB(O)C[C@@H]2[C@@H]2C(=O)c3ccccc3C(=O)[C@@H]2C1. The number of phenols is 1. The summed E-state index contributed by atoms with van der Waals surface area (Å²) in [7, 11) is -1.03. The number of aromatic nitrogens is 1. The summed E-state index contributed by atoms with van der Waals surface area (Å²) in [6, 6.07) is 24.4. The first-order chi connectivity index (χ1) is 21.8. The first-order valence-electron chi connectivity index (χ1n) is 15.9. The van der Waals surface area contributed by atoms with Crippen molar-refractivity contribution in [3.8, 4) is 5.75 Å². The van der Waals surface area contributed by atoms with Crippen molar-refractivity contribution in [2.24, 2.45) is 23.7 Å². The molecule has 3 aromatic carbocycles. The molecule has 0 radical (unpaired) electrons. The second-order valence-electron chi connectivity index (χ2n) is 12.8. The molecule has 0 unspecified atom stereocenters. The quantitative estimate of drug-likeness (QED) is 0.177. The maximum Gasteiger partial charge on any atom is 0.455 e. The first-order valence-corrected chi connectivity index (χ1v) is 15.9. The Morgan fingerprint density at radius 3 is 2.38 bits per heavy atom. The van der Waals surface area contributed by atoms with Crippen molar-refractivity contribution >= 4 is 41.1 Å². The van der Waals surface area contributed by atoms with E-state index in [4.69, 9.17) is 4.65 Å². The zero-order valence-electron chi connectivity index (χ0n) is 25.5. The predicted molar refractivity (Wildman–Crippen MR) is 177 cm³/mol. The molecule has 3 aliphatic rings. The Morgan fingerprint density at radius 1 is 0.933 bits per heavy atom. The van der Waals surface area contributed by atoms with E-state index in [-0.39, 0.29) is 29.2 Å². The fourth-order valence-corrected chi connectivity index (χ4v) is 7.89. The molecule has 226 valence electrons. The van der Waals surface area contributed by atoms with E-state index in [1.54, 1.807) is 24.4 Å². The molecule has 1 aromatic heterocycles. The summed E-state index contributed by atoms with van der Waals surface area (Å²) in [5.74, 6) is -0.744. The maximum atomic E-state index is 14.0. The Morgan fingerprint density at radius 2 is 1.64 bits per heavy atom. The lowest BCUT2D eigenvalue weighted by Gasteiger charge is -2.48. The molecule has 7 heteroatoms. The molecule has 45 heavy (non-hydrogen) atoms. The number of Topliss-reactive ketones (excluding diaryl/α,β-unsaturated/α-hetero) is 2.